The van der Waals surface area contributed by atoms with Crippen LogP contribution in [0.1, 0.15) is 30.4 Å². The second kappa shape index (κ2) is 11.0. The number of anilines is 2. The third-order valence-electron chi connectivity index (χ3n) is 5.82. The average molecular weight is 458 g/mol. The summed E-state index contributed by atoms with van der Waals surface area (Å²) in [6.07, 6.45) is 2.47. The Morgan fingerprint density at radius 3 is 2.29 bits per heavy atom. The van der Waals surface area contributed by atoms with E-state index >= 15 is 0 Å². The Balaban J connectivity index is 1.25. The molecule has 0 unspecified atom stereocenters. The van der Waals surface area contributed by atoms with Crippen LogP contribution in [0.25, 0.3) is 0 Å². The lowest BCUT2D eigenvalue weighted by molar-refractivity contribution is -0.119. The van der Waals surface area contributed by atoms with Gasteiger partial charge in [0.15, 0.2) is 0 Å². The van der Waals surface area contributed by atoms with Crippen LogP contribution in [0.15, 0.2) is 72.8 Å². The number of nitrogens with one attached hydrogen (secondary N) is 2. The number of hydrogen-bond acceptors (Lipinski definition) is 4. The van der Waals surface area contributed by atoms with Crippen LogP contribution in [-0.4, -0.2) is 35.8 Å². The van der Waals surface area contributed by atoms with Crippen molar-refractivity contribution in [1.82, 2.24) is 4.90 Å². The first kappa shape index (κ1) is 23.5. The number of aryl methyl sites for hydroxylation is 2. The Hall–Kier alpha value is -3.64. The van der Waals surface area contributed by atoms with Crippen LogP contribution in [0.5, 0.6) is 11.5 Å². The first-order chi connectivity index (χ1) is 16.5. The minimum atomic E-state index is -0.0719. The second-order valence-electron chi connectivity index (χ2n) is 8.81. The third kappa shape index (κ3) is 6.93. The van der Waals surface area contributed by atoms with Crippen molar-refractivity contribution < 1.29 is 14.3 Å². The van der Waals surface area contributed by atoms with Gasteiger partial charge in [-0.15, -0.1) is 0 Å². The van der Waals surface area contributed by atoms with Gasteiger partial charge < -0.3 is 15.4 Å². The van der Waals surface area contributed by atoms with Gasteiger partial charge in [-0.3, -0.25) is 14.5 Å². The van der Waals surface area contributed by atoms with Crippen molar-refractivity contribution in [3.63, 3.8) is 0 Å². The van der Waals surface area contributed by atoms with E-state index in [1.54, 1.807) is 0 Å². The molecule has 0 aliphatic heterocycles. The lowest BCUT2D eigenvalue weighted by Gasteiger charge is -2.21. The summed E-state index contributed by atoms with van der Waals surface area (Å²) in [5, 5.41) is 5.95. The molecule has 2 amide bonds. The number of carbonyl (C=O) groups is 2. The zero-order valence-electron chi connectivity index (χ0n) is 19.7. The summed E-state index contributed by atoms with van der Waals surface area (Å²) in [5.41, 5.74) is 3.71. The summed E-state index contributed by atoms with van der Waals surface area (Å²) in [7, 11) is 0. The largest absolute Gasteiger partial charge is 0.457 e. The maximum absolute atomic E-state index is 12.7. The van der Waals surface area contributed by atoms with E-state index in [2.05, 4.69) is 15.5 Å². The summed E-state index contributed by atoms with van der Waals surface area (Å²) in [5.74, 6) is 1.35. The summed E-state index contributed by atoms with van der Waals surface area (Å²) >= 11 is 0. The molecule has 1 fully saturated rings. The van der Waals surface area contributed by atoms with Crippen LogP contribution in [0.2, 0.25) is 0 Å². The van der Waals surface area contributed by atoms with Gasteiger partial charge in [0.1, 0.15) is 11.5 Å². The Morgan fingerprint density at radius 2 is 1.59 bits per heavy atom. The van der Waals surface area contributed by atoms with Gasteiger partial charge in [0.2, 0.25) is 11.8 Å². The van der Waals surface area contributed by atoms with Gasteiger partial charge in [0, 0.05) is 30.4 Å². The molecule has 0 radical (unpaired) electrons. The number of carbonyl (C=O) groups excluding carboxylic acids is 2. The smallest absolute Gasteiger partial charge is 0.238 e. The highest BCUT2D eigenvalue weighted by Gasteiger charge is 2.30. The number of rotatable bonds is 10. The van der Waals surface area contributed by atoms with Crippen molar-refractivity contribution in [3.8, 4) is 11.5 Å². The molecule has 34 heavy (non-hydrogen) atoms. The minimum absolute atomic E-state index is 0.0463. The Bertz CT molecular complexity index is 1130. The standard InChI is InChI=1S/C28H31N3O3/c1-20-8-9-21(2)26(18-20)30-28(33)19-31(23-12-13-23)17-16-27(32)29-22-10-14-25(15-11-22)34-24-6-4-3-5-7-24/h3-11,14-15,18,23H,12-13,16-17,19H2,1-2H3,(H,29,32)(H,30,33). The molecule has 1 aliphatic carbocycles. The van der Waals surface area contributed by atoms with Crippen LogP contribution in [0, 0.1) is 13.8 Å². The van der Waals surface area contributed by atoms with Crippen molar-refractivity contribution in [2.45, 2.75) is 39.2 Å². The molecule has 4 rings (SSSR count). The van der Waals surface area contributed by atoms with E-state index in [-0.39, 0.29) is 18.4 Å². The van der Waals surface area contributed by atoms with Gasteiger partial charge in [-0.25, -0.2) is 0 Å². The first-order valence-electron chi connectivity index (χ1n) is 11.7. The SMILES string of the molecule is Cc1ccc(C)c(NC(=O)CN(CCC(=O)Nc2ccc(Oc3ccccc3)cc2)C2CC2)c1. The van der Waals surface area contributed by atoms with Crippen molar-refractivity contribution in [2.24, 2.45) is 0 Å². The molecular formula is C28H31N3O3. The lowest BCUT2D eigenvalue weighted by Crippen LogP contribution is -2.37. The van der Waals surface area contributed by atoms with Gasteiger partial charge in [-0.05, 0) is 80.3 Å². The van der Waals surface area contributed by atoms with Gasteiger partial charge in [-0.1, -0.05) is 30.3 Å². The third-order valence-corrected chi connectivity index (χ3v) is 5.82. The molecule has 6 heteroatoms. The summed E-state index contributed by atoms with van der Waals surface area (Å²) in [6.45, 7) is 4.83. The highest BCUT2D eigenvalue weighted by atomic mass is 16.5. The maximum atomic E-state index is 12.7. The number of amides is 2. The zero-order chi connectivity index (χ0) is 23.9. The molecule has 0 atom stereocenters. The van der Waals surface area contributed by atoms with Crippen molar-refractivity contribution in [3.05, 3.63) is 83.9 Å². The summed E-state index contributed by atoms with van der Waals surface area (Å²) in [6, 6.07) is 23.3. The van der Waals surface area contributed by atoms with E-state index in [0.29, 0.717) is 24.8 Å². The van der Waals surface area contributed by atoms with E-state index in [9.17, 15) is 9.59 Å². The normalized spacial score (nSPS) is 12.9. The predicted molar refractivity (Wildman–Crippen MR) is 135 cm³/mol. The molecule has 0 bridgehead atoms. The minimum Gasteiger partial charge on any atom is -0.457 e. The molecule has 0 aromatic heterocycles. The Morgan fingerprint density at radius 1 is 0.882 bits per heavy atom. The van der Waals surface area contributed by atoms with Crippen molar-refractivity contribution in [2.75, 3.05) is 23.7 Å². The molecule has 176 valence electrons. The second-order valence-corrected chi connectivity index (χ2v) is 8.81. The molecule has 0 spiro atoms. The van der Waals surface area contributed by atoms with Crippen LogP contribution in [0.4, 0.5) is 11.4 Å². The quantitative estimate of drug-likeness (QED) is 0.420. The fourth-order valence-corrected chi connectivity index (χ4v) is 3.77. The van der Waals surface area contributed by atoms with E-state index < -0.39 is 0 Å². The molecule has 1 saturated carbocycles. The van der Waals surface area contributed by atoms with Gasteiger partial charge in [-0.2, -0.15) is 0 Å². The Kier molecular flexibility index (Phi) is 7.60. The molecular weight excluding hydrogens is 426 g/mol. The summed E-state index contributed by atoms with van der Waals surface area (Å²) < 4.78 is 5.79. The van der Waals surface area contributed by atoms with Gasteiger partial charge in [0.05, 0.1) is 6.54 Å². The van der Waals surface area contributed by atoms with Crippen LogP contribution in [-0.2, 0) is 9.59 Å². The molecule has 0 heterocycles. The zero-order valence-corrected chi connectivity index (χ0v) is 19.7. The predicted octanol–water partition coefficient (Wildman–Crippen LogP) is 5.53. The van der Waals surface area contributed by atoms with Crippen LogP contribution in [0.3, 0.4) is 0 Å². The number of ether oxygens (including phenoxy) is 1. The molecule has 3 aromatic rings. The van der Waals surface area contributed by atoms with Gasteiger partial charge in [0.25, 0.3) is 0 Å². The monoisotopic (exact) mass is 457 g/mol. The average Bonchev–Trinajstić information content (AvgIpc) is 3.66. The fraction of sp³-hybridized carbons (Fsp3) is 0.286. The number of benzene rings is 3. The number of para-hydroxylation sites is 1. The first-order valence-corrected chi connectivity index (χ1v) is 11.7. The van der Waals surface area contributed by atoms with E-state index in [4.69, 9.17) is 4.74 Å². The van der Waals surface area contributed by atoms with Crippen molar-refractivity contribution >= 4 is 23.2 Å². The molecule has 6 nitrogen and oxygen atoms in total. The summed E-state index contributed by atoms with van der Waals surface area (Å²) in [4.78, 5) is 27.3. The molecule has 1 aliphatic rings. The Labute approximate surface area is 200 Å². The van der Waals surface area contributed by atoms with E-state index in [1.165, 1.54) is 0 Å². The molecule has 0 saturated heterocycles. The molecule has 2 N–H and O–H groups in total. The topological polar surface area (TPSA) is 70.7 Å². The van der Waals surface area contributed by atoms with Crippen LogP contribution >= 0.6 is 0 Å². The van der Waals surface area contributed by atoms with Gasteiger partial charge >= 0.3 is 0 Å². The highest BCUT2D eigenvalue weighted by molar-refractivity contribution is 5.93. The lowest BCUT2D eigenvalue weighted by atomic mass is 10.1. The van der Waals surface area contributed by atoms with Crippen LogP contribution < -0.4 is 15.4 Å². The number of nitrogens with zero attached hydrogens (tertiary/aromatic N) is 1. The molecule has 3 aromatic carbocycles. The highest BCUT2D eigenvalue weighted by Crippen LogP contribution is 2.27. The van der Waals surface area contributed by atoms with E-state index in [1.807, 2.05) is 86.6 Å². The van der Waals surface area contributed by atoms with Crippen molar-refractivity contribution in [1.29, 1.82) is 0 Å². The fourth-order valence-electron chi connectivity index (χ4n) is 3.77. The van der Waals surface area contributed by atoms with E-state index in [0.717, 1.165) is 41.1 Å². The maximum Gasteiger partial charge on any atom is 0.238 e. The number of hydrogen-bond donors (Lipinski definition) is 2.